The minimum absolute atomic E-state index is 0.169. The summed E-state index contributed by atoms with van der Waals surface area (Å²) in [5.74, 6) is 1.58. The second-order valence-electron chi connectivity index (χ2n) is 7.89. The average Bonchev–Trinajstić information content (AvgIpc) is 2.64. The van der Waals surface area contributed by atoms with E-state index in [4.69, 9.17) is 0 Å². The van der Waals surface area contributed by atoms with E-state index in [-0.39, 0.29) is 5.91 Å². The predicted octanol–water partition coefficient (Wildman–Crippen LogP) is 3.45. The Hall–Kier alpha value is -1.68. The van der Waals surface area contributed by atoms with Crippen molar-refractivity contribution in [3.63, 3.8) is 0 Å². The predicted molar refractivity (Wildman–Crippen MR) is 102 cm³/mol. The van der Waals surface area contributed by atoms with Crippen molar-refractivity contribution in [2.75, 3.05) is 26.2 Å². The molecule has 1 aromatic rings. The first-order valence-electron chi connectivity index (χ1n) is 9.74. The summed E-state index contributed by atoms with van der Waals surface area (Å²) < 4.78 is 0. The minimum Gasteiger partial charge on any atom is -0.336 e. The number of carbonyl (C=O) groups is 1. The fourth-order valence-electron chi connectivity index (χ4n) is 4.13. The number of aromatic nitrogens is 1. The van der Waals surface area contributed by atoms with E-state index in [0.717, 1.165) is 44.0 Å². The van der Waals surface area contributed by atoms with E-state index in [1.165, 1.54) is 19.4 Å². The number of hydrogen-bond donors (Lipinski definition) is 0. The van der Waals surface area contributed by atoms with Crippen LogP contribution in [0.4, 0.5) is 0 Å². The summed E-state index contributed by atoms with van der Waals surface area (Å²) in [4.78, 5) is 21.5. The van der Waals surface area contributed by atoms with E-state index >= 15 is 0 Å². The van der Waals surface area contributed by atoms with E-state index < -0.39 is 0 Å². The highest BCUT2D eigenvalue weighted by Crippen LogP contribution is 2.31. The van der Waals surface area contributed by atoms with Gasteiger partial charge in [-0.25, -0.2) is 0 Å². The summed E-state index contributed by atoms with van der Waals surface area (Å²) in [5, 5.41) is 0. The third-order valence-corrected chi connectivity index (χ3v) is 5.58. The smallest absolute Gasteiger partial charge is 0.246 e. The molecule has 3 heterocycles. The number of fused-ring (bicyclic) bond motifs is 1. The van der Waals surface area contributed by atoms with E-state index in [0.29, 0.717) is 12.0 Å². The van der Waals surface area contributed by atoms with E-state index in [1.807, 2.05) is 18.2 Å². The van der Waals surface area contributed by atoms with Gasteiger partial charge in [-0.15, -0.1) is 0 Å². The van der Waals surface area contributed by atoms with Crippen molar-refractivity contribution in [1.29, 1.82) is 0 Å². The average molecular weight is 341 g/mol. The zero-order chi connectivity index (χ0) is 17.6. The summed E-state index contributed by atoms with van der Waals surface area (Å²) in [6.45, 7) is 9.00. The molecule has 136 valence electrons. The first-order chi connectivity index (χ1) is 12.1. The topological polar surface area (TPSA) is 36.4 Å². The van der Waals surface area contributed by atoms with E-state index in [9.17, 15) is 4.79 Å². The van der Waals surface area contributed by atoms with Crippen LogP contribution in [0, 0.1) is 11.8 Å². The molecule has 4 nitrogen and oxygen atoms in total. The molecule has 0 N–H and O–H groups in total. The van der Waals surface area contributed by atoms with Gasteiger partial charge in [-0.3, -0.25) is 9.78 Å². The Morgan fingerprint density at radius 2 is 2.08 bits per heavy atom. The minimum atomic E-state index is 0.169. The molecule has 0 bridgehead atoms. The van der Waals surface area contributed by atoms with Crippen molar-refractivity contribution >= 4 is 12.0 Å². The number of rotatable bonds is 5. The van der Waals surface area contributed by atoms with Crippen molar-refractivity contribution < 1.29 is 4.79 Å². The molecule has 2 saturated heterocycles. The number of amides is 1. The van der Waals surface area contributed by atoms with Gasteiger partial charge < -0.3 is 9.80 Å². The molecule has 0 radical (unpaired) electrons. The highest BCUT2D eigenvalue weighted by molar-refractivity contribution is 5.92. The summed E-state index contributed by atoms with van der Waals surface area (Å²) in [6, 6.07) is 4.28. The van der Waals surface area contributed by atoms with Gasteiger partial charge in [0.15, 0.2) is 0 Å². The Bertz CT molecular complexity index is 584. The number of pyridine rings is 1. The lowest BCUT2D eigenvalue weighted by atomic mass is 9.83. The van der Waals surface area contributed by atoms with Crippen LogP contribution in [-0.2, 0) is 4.79 Å². The lowest BCUT2D eigenvalue weighted by Crippen LogP contribution is -2.55. The van der Waals surface area contributed by atoms with Gasteiger partial charge >= 0.3 is 0 Å². The molecule has 2 aliphatic heterocycles. The van der Waals surface area contributed by atoms with Crippen LogP contribution in [0.15, 0.2) is 30.6 Å². The largest absolute Gasteiger partial charge is 0.336 e. The fraction of sp³-hybridized carbons (Fsp3) is 0.619. The zero-order valence-corrected chi connectivity index (χ0v) is 15.6. The maximum atomic E-state index is 12.7. The molecule has 1 amide bonds. The molecule has 0 aliphatic carbocycles. The van der Waals surface area contributed by atoms with Gasteiger partial charge in [0.2, 0.25) is 5.91 Å². The van der Waals surface area contributed by atoms with Crippen molar-refractivity contribution in [3.8, 4) is 0 Å². The fourth-order valence-corrected chi connectivity index (χ4v) is 4.13. The van der Waals surface area contributed by atoms with Crippen LogP contribution in [0.1, 0.15) is 45.1 Å². The Labute approximate surface area is 151 Å². The second kappa shape index (κ2) is 8.61. The van der Waals surface area contributed by atoms with Crippen molar-refractivity contribution in [2.24, 2.45) is 11.8 Å². The molecule has 1 aromatic heterocycles. The van der Waals surface area contributed by atoms with Gasteiger partial charge in [-0.1, -0.05) is 13.8 Å². The molecule has 2 aliphatic rings. The summed E-state index contributed by atoms with van der Waals surface area (Å²) in [7, 11) is 0. The van der Waals surface area contributed by atoms with Crippen LogP contribution < -0.4 is 0 Å². The van der Waals surface area contributed by atoms with Crippen LogP contribution >= 0.6 is 0 Å². The normalized spacial score (nSPS) is 24.7. The molecule has 2 fully saturated rings. The molecule has 2 atom stereocenters. The number of hydrogen-bond acceptors (Lipinski definition) is 3. The molecule has 0 aromatic carbocycles. The molecule has 3 rings (SSSR count). The van der Waals surface area contributed by atoms with Gasteiger partial charge in [0.25, 0.3) is 0 Å². The molecule has 25 heavy (non-hydrogen) atoms. The Balaban J connectivity index is 1.58. The van der Waals surface area contributed by atoms with Gasteiger partial charge in [-0.2, -0.15) is 0 Å². The van der Waals surface area contributed by atoms with Crippen molar-refractivity contribution in [2.45, 2.75) is 45.6 Å². The molecular formula is C21H31N3O. The van der Waals surface area contributed by atoms with Crippen LogP contribution in [0.2, 0.25) is 0 Å². The summed E-state index contributed by atoms with van der Waals surface area (Å²) in [5.41, 5.74) is 1.03. The third-order valence-electron chi connectivity index (χ3n) is 5.58. The lowest BCUT2D eigenvalue weighted by Gasteiger charge is -2.47. The maximum absolute atomic E-state index is 12.7. The van der Waals surface area contributed by atoms with Crippen molar-refractivity contribution in [3.05, 3.63) is 36.2 Å². The lowest BCUT2D eigenvalue weighted by molar-refractivity contribution is -0.132. The Morgan fingerprint density at radius 1 is 1.28 bits per heavy atom. The van der Waals surface area contributed by atoms with E-state index in [1.54, 1.807) is 18.5 Å². The summed E-state index contributed by atoms with van der Waals surface area (Å²) >= 11 is 0. The number of piperidine rings is 2. The molecule has 0 spiro atoms. The van der Waals surface area contributed by atoms with Crippen LogP contribution in [0.5, 0.6) is 0 Å². The highest BCUT2D eigenvalue weighted by atomic mass is 16.2. The van der Waals surface area contributed by atoms with Crippen LogP contribution in [0.3, 0.4) is 0 Å². The number of carbonyl (C=O) groups excluding carboxylic acids is 1. The molecule has 4 heteroatoms. The second-order valence-corrected chi connectivity index (χ2v) is 7.89. The van der Waals surface area contributed by atoms with Crippen LogP contribution in [0.25, 0.3) is 6.08 Å². The highest BCUT2D eigenvalue weighted by Gasteiger charge is 2.37. The van der Waals surface area contributed by atoms with Crippen LogP contribution in [-0.4, -0.2) is 52.9 Å². The molecular weight excluding hydrogens is 310 g/mol. The maximum Gasteiger partial charge on any atom is 0.246 e. The van der Waals surface area contributed by atoms with Crippen molar-refractivity contribution in [1.82, 2.24) is 14.8 Å². The monoisotopic (exact) mass is 341 g/mol. The first-order valence-corrected chi connectivity index (χ1v) is 9.74. The molecule has 0 unspecified atom stereocenters. The standard InChI is InChI=1S/C21H31N3O/c1-17(2)9-14-23-15-10-20-19(16-23)4-3-13-24(20)21(25)6-5-18-7-11-22-12-8-18/h5-8,11-12,17,19-20H,3-4,9-10,13-16H2,1-2H3/b6-5+/t19-,20-/m1/s1. The van der Waals surface area contributed by atoms with Gasteiger partial charge in [0, 0.05) is 44.1 Å². The quantitative estimate of drug-likeness (QED) is 0.770. The summed E-state index contributed by atoms with van der Waals surface area (Å²) in [6.07, 6.45) is 12.0. The van der Waals surface area contributed by atoms with Gasteiger partial charge in [0.1, 0.15) is 0 Å². The number of likely N-dealkylation sites (tertiary alicyclic amines) is 2. The number of nitrogens with zero attached hydrogens (tertiary/aromatic N) is 3. The Morgan fingerprint density at radius 3 is 2.84 bits per heavy atom. The Kier molecular flexibility index (Phi) is 6.24. The SMILES string of the molecule is CC(C)CCN1CC[C@@H]2[C@H](CCCN2C(=O)/C=C/c2ccncc2)C1. The zero-order valence-electron chi connectivity index (χ0n) is 15.6. The van der Waals surface area contributed by atoms with Gasteiger partial charge in [0.05, 0.1) is 0 Å². The third kappa shape index (κ3) is 4.91. The van der Waals surface area contributed by atoms with E-state index in [2.05, 4.69) is 28.6 Å². The molecule has 0 saturated carbocycles. The first kappa shape index (κ1) is 18.1. The van der Waals surface area contributed by atoms with Gasteiger partial charge in [-0.05, 0) is 67.8 Å².